The first-order chi connectivity index (χ1) is 4.74. The predicted octanol–water partition coefficient (Wildman–Crippen LogP) is -0.614. The Kier molecular flexibility index (Phi) is 2.21. The molecule has 1 heterocycles. The summed E-state index contributed by atoms with van der Waals surface area (Å²) in [5.41, 5.74) is 0. The van der Waals surface area contributed by atoms with Crippen LogP contribution in [0.5, 0.6) is 0 Å². The van der Waals surface area contributed by atoms with E-state index >= 15 is 0 Å². The van der Waals surface area contributed by atoms with Gasteiger partial charge in [-0.2, -0.15) is 0 Å². The van der Waals surface area contributed by atoms with Crippen LogP contribution in [-0.2, 0) is 4.79 Å². The number of hydrogen-bond donors (Lipinski definition) is 1. The van der Waals surface area contributed by atoms with Crippen LogP contribution in [0.2, 0.25) is 0 Å². The van der Waals surface area contributed by atoms with E-state index in [4.69, 9.17) is 0 Å². The third-order valence-electron chi connectivity index (χ3n) is 1.52. The number of halogens is 1. The number of nitrogens with one attached hydrogen (secondary N) is 1. The second-order valence-corrected chi connectivity index (χ2v) is 2.43. The Balaban J connectivity index is 2.18. The highest BCUT2D eigenvalue weighted by atomic mass is 19.1. The summed E-state index contributed by atoms with van der Waals surface area (Å²) in [5.74, 6) is -0.0172. The molecule has 0 unspecified atom stereocenters. The van der Waals surface area contributed by atoms with Gasteiger partial charge < -0.3 is 10.2 Å². The van der Waals surface area contributed by atoms with Gasteiger partial charge in [-0.3, -0.25) is 4.79 Å². The largest absolute Gasteiger partial charge is 0.336 e. The molecular formula is C6H11FN2O. The van der Waals surface area contributed by atoms with Crippen LogP contribution < -0.4 is 5.32 Å². The maximum absolute atomic E-state index is 12.2. The standard InChI is InChI=1S/C6H11FN2O/c1-8-2-6(10)9-3-5(7)4-9/h5,8H,2-4H2,1H3. The minimum absolute atomic E-state index is 0.0172. The average Bonchev–Trinajstić information content (AvgIpc) is 1.82. The van der Waals surface area contributed by atoms with Gasteiger partial charge in [0.2, 0.25) is 5.91 Å². The van der Waals surface area contributed by atoms with Gasteiger partial charge in [0, 0.05) is 0 Å². The molecule has 1 aliphatic rings. The van der Waals surface area contributed by atoms with E-state index in [2.05, 4.69) is 5.32 Å². The first-order valence-corrected chi connectivity index (χ1v) is 3.30. The van der Waals surface area contributed by atoms with E-state index in [9.17, 15) is 9.18 Å². The molecule has 0 atom stereocenters. The third-order valence-corrected chi connectivity index (χ3v) is 1.52. The van der Waals surface area contributed by atoms with E-state index in [0.717, 1.165) is 0 Å². The maximum atomic E-state index is 12.2. The van der Waals surface area contributed by atoms with Crippen molar-refractivity contribution in [2.45, 2.75) is 6.17 Å². The molecule has 3 nitrogen and oxygen atoms in total. The smallest absolute Gasteiger partial charge is 0.236 e. The van der Waals surface area contributed by atoms with Crippen LogP contribution in [0, 0.1) is 0 Å². The lowest BCUT2D eigenvalue weighted by atomic mass is 10.2. The molecule has 4 heteroatoms. The van der Waals surface area contributed by atoms with Crippen LogP contribution in [-0.4, -0.2) is 43.7 Å². The van der Waals surface area contributed by atoms with Crippen LogP contribution in [0.1, 0.15) is 0 Å². The van der Waals surface area contributed by atoms with Crippen molar-refractivity contribution in [2.75, 3.05) is 26.7 Å². The van der Waals surface area contributed by atoms with E-state index in [1.807, 2.05) is 0 Å². The summed E-state index contributed by atoms with van der Waals surface area (Å²) >= 11 is 0. The fourth-order valence-corrected chi connectivity index (χ4v) is 0.891. The highest BCUT2D eigenvalue weighted by Gasteiger charge is 2.29. The Morgan fingerprint density at radius 1 is 1.80 bits per heavy atom. The molecule has 0 saturated carbocycles. The summed E-state index contributed by atoms with van der Waals surface area (Å²) in [6.45, 7) is 0.869. The molecule has 1 aliphatic heterocycles. The second-order valence-electron chi connectivity index (χ2n) is 2.43. The molecule has 1 fully saturated rings. The minimum Gasteiger partial charge on any atom is -0.336 e. The van der Waals surface area contributed by atoms with Crippen molar-refractivity contribution in [3.63, 3.8) is 0 Å². The third kappa shape index (κ3) is 1.44. The van der Waals surface area contributed by atoms with Crippen LogP contribution in [0.15, 0.2) is 0 Å². The minimum atomic E-state index is -0.791. The van der Waals surface area contributed by atoms with E-state index in [0.29, 0.717) is 6.54 Å². The van der Waals surface area contributed by atoms with Crippen molar-refractivity contribution in [1.29, 1.82) is 0 Å². The summed E-state index contributed by atoms with van der Waals surface area (Å²) in [6.07, 6.45) is -0.791. The zero-order chi connectivity index (χ0) is 7.56. The van der Waals surface area contributed by atoms with E-state index < -0.39 is 6.17 Å². The lowest BCUT2D eigenvalue weighted by Gasteiger charge is -2.34. The summed E-state index contributed by atoms with van der Waals surface area (Å²) in [4.78, 5) is 12.4. The van der Waals surface area contributed by atoms with Gasteiger partial charge in [0.05, 0.1) is 19.6 Å². The Morgan fingerprint density at radius 2 is 2.40 bits per heavy atom. The van der Waals surface area contributed by atoms with Gasteiger partial charge in [0.15, 0.2) is 0 Å². The van der Waals surface area contributed by atoms with Gasteiger partial charge in [0.25, 0.3) is 0 Å². The zero-order valence-electron chi connectivity index (χ0n) is 5.93. The molecule has 0 spiro atoms. The molecule has 1 rings (SSSR count). The predicted molar refractivity (Wildman–Crippen MR) is 35.4 cm³/mol. The highest BCUT2D eigenvalue weighted by Crippen LogP contribution is 2.10. The Hall–Kier alpha value is -0.640. The fraction of sp³-hybridized carbons (Fsp3) is 0.833. The van der Waals surface area contributed by atoms with Crippen molar-refractivity contribution in [2.24, 2.45) is 0 Å². The van der Waals surface area contributed by atoms with Crippen LogP contribution in [0.25, 0.3) is 0 Å². The fourth-order valence-electron chi connectivity index (χ4n) is 0.891. The number of nitrogens with zero attached hydrogens (tertiary/aromatic N) is 1. The van der Waals surface area contributed by atoms with Crippen molar-refractivity contribution >= 4 is 5.91 Å². The number of carbonyl (C=O) groups excluding carboxylic acids is 1. The van der Waals surface area contributed by atoms with E-state index in [1.54, 1.807) is 7.05 Å². The molecule has 0 radical (unpaired) electrons. The number of likely N-dealkylation sites (tertiary alicyclic amines) is 1. The normalized spacial score (nSPS) is 18.8. The molecule has 0 bridgehead atoms. The van der Waals surface area contributed by atoms with Crippen LogP contribution in [0.4, 0.5) is 4.39 Å². The number of rotatable bonds is 2. The van der Waals surface area contributed by atoms with Gasteiger partial charge >= 0.3 is 0 Å². The van der Waals surface area contributed by atoms with Gasteiger partial charge in [0.1, 0.15) is 6.17 Å². The monoisotopic (exact) mass is 146 g/mol. The number of hydrogen-bond acceptors (Lipinski definition) is 2. The van der Waals surface area contributed by atoms with Crippen LogP contribution in [0.3, 0.4) is 0 Å². The second kappa shape index (κ2) is 2.96. The summed E-state index contributed by atoms with van der Waals surface area (Å²) < 4.78 is 12.2. The summed E-state index contributed by atoms with van der Waals surface area (Å²) in [7, 11) is 1.70. The summed E-state index contributed by atoms with van der Waals surface area (Å²) in [6, 6.07) is 0. The van der Waals surface area contributed by atoms with Crippen LogP contribution >= 0.6 is 0 Å². The van der Waals surface area contributed by atoms with Crippen molar-refractivity contribution in [3.05, 3.63) is 0 Å². The molecule has 0 aromatic rings. The van der Waals surface area contributed by atoms with Gasteiger partial charge in [-0.05, 0) is 7.05 Å². The maximum Gasteiger partial charge on any atom is 0.236 e. The molecule has 58 valence electrons. The van der Waals surface area contributed by atoms with Crippen molar-refractivity contribution < 1.29 is 9.18 Å². The number of alkyl halides is 1. The molecule has 1 N–H and O–H groups in total. The lowest BCUT2D eigenvalue weighted by molar-refractivity contribution is -0.137. The Labute approximate surface area is 59.2 Å². The number of amides is 1. The Morgan fingerprint density at radius 3 is 2.80 bits per heavy atom. The molecule has 10 heavy (non-hydrogen) atoms. The van der Waals surface area contributed by atoms with E-state index in [-0.39, 0.29) is 19.0 Å². The van der Waals surface area contributed by atoms with Gasteiger partial charge in [-0.25, -0.2) is 4.39 Å². The highest BCUT2D eigenvalue weighted by molar-refractivity contribution is 5.79. The first-order valence-electron chi connectivity index (χ1n) is 3.30. The lowest BCUT2D eigenvalue weighted by Crippen LogP contribution is -2.53. The molecule has 0 aromatic heterocycles. The van der Waals surface area contributed by atoms with Gasteiger partial charge in [-0.1, -0.05) is 0 Å². The molecule has 0 aromatic carbocycles. The average molecular weight is 146 g/mol. The molecule has 1 saturated heterocycles. The number of carbonyl (C=O) groups is 1. The van der Waals surface area contributed by atoms with Gasteiger partial charge in [-0.15, -0.1) is 0 Å². The first kappa shape index (κ1) is 7.47. The topological polar surface area (TPSA) is 32.3 Å². The number of likely N-dealkylation sites (N-methyl/N-ethyl adjacent to an activating group) is 1. The molecule has 0 aliphatic carbocycles. The Bertz CT molecular complexity index is 134. The van der Waals surface area contributed by atoms with Crippen molar-refractivity contribution in [1.82, 2.24) is 10.2 Å². The SMILES string of the molecule is CNCC(=O)N1CC(F)C1. The van der Waals surface area contributed by atoms with E-state index in [1.165, 1.54) is 4.90 Å². The quantitative estimate of drug-likeness (QED) is 0.563. The zero-order valence-corrected chi connectivity index (χ0v) is 5.93. The molecule has 1 amide bonds. The van der Waals surface area contributed by atoms with Crippen molar-refractivity contribution in [3.8, 4) is 0 Å². The molecular weight excluding hydrogens is 135 g/mol. The summed E-state index contributed by atoms with van der Waals surface area (Å²) in [5, 5.41) is 2.72.